The highest BCUT2D eigenvalue weighted by Gasteiger charge is 2.35. The molecule has 0 amide bonds. The van der Waals surface area contributed by atoms with Crippen LogP contribution in [0.5, 0.6) is 0 Å². The van der Waals surface area contributed by atoms with Crippen LogP contribution >= 0.6 is 11.3 Å². The summed E-state index contributed by atoms with van der Waals surface area (Å²) in [6.07, 6.45) is 8.44. The van der Waals surface area contributed by atoms with Gasteiger partial charge < -0.3 is 14.9 Å². The number of hydrogen-bond acceptors (Lipinski definition) is 7. The average molecular weight is 464 g/mol. The summed E-state index contributed by atoms with van der Waals surface area (Å²) in [6, 6.07) is 5.97. The van der Waals surface area contributed by atoms with Gasteiger partial charge in [0.05, 0.1) is 17.7 Å². The van der Waals surface area contributed by atoms with Crippen LogP contribution in [0.25, 0.3) is 43.9 Å². The van der Waals surface area contributed by atoms with E-state index in [0.717, 1.165) is 67.4 Å². The highest BCUT2D eigenvalue weighted by atomic mass is 32.2. The first kappa shape index (κ1) is 19.7. The zero-order valence-electron chi connectivity index (χ0n) is 17.6. The molecule has 5 aromatic rings. The summed E-state index contributed by atoms with van der Waals surface area (Å²) < 4.78 is 17.6. The van der Waals surface area contributed by atoms with Crippen molar-refractivity contribution < 1.29 is 4.55 Å². The molecule has 1 atom stereocenters. The Bertz CT molecular complexity index is 1480. The average Bonchev–Trinajstić information content (AvgIpc) is 3.43. The molecule has 1 aliphatic rings. The molecule has 2 N–H and O–H groups in total. The third-order valence-corrected chi connectivity index (χ3v) is 9.45. The molecule has 5 aromatic heterocycles. The largest absolute Gasteiger partial charge is 0.611 e. The molecule has 0 aromatic carbocycles. The highest BCUT2D eigenvalue weighted by molar-refractivity contribution is 7.94. The normalized spacial score (nSPS) is 15.5. The topological polar surface area (TPSA) is 110 Å². The number of nitrogens with two attached hydrogens (primary N) is 1. The van der Waals surface area contributed by atoms with Gasteiger partial charge in [-0.05, 0) is 37.5 Å². The molecule has 32 heavy (non-hydrogen) atoms. The predicted molar refractivity (Wildman–Crippen MR) is 128 cm³/mol. The van der Waals surface area contributed by atoms with E-state index in [1.54, 1.807) is 12.5 Å². The van der Waals surface area contributed by atoms with Crippen LogP contribution in [0.2, 0.25) is 0 Å². The minimum Gasteiger partial charge on any atom is -0.611 e. The molecule has 0 aliphatic heterocycles. The lowest BCUT2D eigenvalue weighted by Crippen LogP contribution is -2.28. The van der Waals surface area contributed by atoms with Crippen LogP contribution in [-0.2, 0) is 25.3 Å². The monoisotopic (exact) mass is 463 g/mol. The number of fused-ring (bicyclic) bond motifs is 2. The molecule has 1 aliphatic carbocycles. The second-order valence-corrected chi connectivity index (χ2v) is 11.1. The zero-order chi connectivity index (χ0) is 22.0. The molecule has 5 heterocycles. The van der Waals surface area contributed by atoms with E-state index in [1.807, 2.05) is 47.7 Å². The summed E-state index contributed by atoms with van der Waals surface area (Å²) >= 11 is 0.330. The molecule has 10 heteroatoms. The summed E-state index contributed by atoms with van der Waals surface area (Å²) in [5.41, 5.74) is 12.3. The van der Waals surface area contributed by atoms with Crippen molar-refractivity contribution in [3.63, 3.8) is 0 Å². The van der Waals surface area contributed by atoms with E-state index >= 15 is 0 Å². The maximum absolute atomic E-state index is 13.2. The van der Waals surface area contributed by atoms with Crippen LogP contribution < -0.4 is 5.73 Å². The maximum Gasteiger partial charge on any atom is 0.232 e. The molecule has 1 saturated carbocycles. The summed E-state index contributed by atoms with van der Waals surface area (Å²) in [7, 11) is 3.82. The van der Waals surface area contributed by atoms with E-state index in [0.29, 0.717) is 5.69 Å². The van der Waals surface area contributed by atoms with Crippen molar-refractivity contribution in [2.24, 2.45) is 14.1 Å². The Labute approximate surface area is 191 Å². The zero-order valence-corrected chi connectivity index (χ0v) is 19.3. The molecule has 1 unspecified atom stereocenters. The van der Waals surface area contributed by atoms with Crippen molar-refractivity contribution in [1.82, 2.24) is 29.3 Å². The lowest BCUT2D eigenvalue weighted by molar-refractivity contribution is 0.478. The number of aromatic nitrogens is 6. The summed E-state index contributed by atoms with van der Waals surface area (Å²) in [4.78, 5) is 14.7. The van der Waals surface area contributed by atoms with Crippen LogP contribution in [-0.4, -0.2) is 39.1 Å². The van der Waals surface area contributed by atoms with Crippen LogP contribution in [0.4, 0.5) is 5.69 Å². The lowest BCUT2D eigenvalue weighted by Gasteiger charge is -2.27. The first-order valence-electron chi connectivity index (χ1n) is 10.4. The molecular weight excluding hydrogens is 442 g/mol. The van der Waals surface area contributed by atoms with Crippen molar-refractivity contribution in [2.45, 2.75) is 28.7 Å². The molecule has 8 nitrogen and oxygen atoms in total. The minimum absolute atomic E-state index is 0.195. The van der Waals surface area contributed by atoms with Crippen LogP contribution in [0.1, 0.15) is 19.3 Å². The Morgan fingerprint density at radius 3 is 2.78 bits per heavy atom. The van der Waals surface area contributed by atoms with Gasteiger partial charge in [0.15, 0.2) is 5.65 Å². The Balaban J connectivity index is 1.59. The number of hydrogen-bond donors (Lipinski definition) is 1. The van der Waals surface area contributed by atoms with E-state index in [4.69, 9.17) is 10.7 Å². The van der Waals surface area contributed by atoms with E-state index in [1.165, 1.54) is 11.3 Å². The van der Waals surface area contributed by atoms with Crippen molar-refractivity contribution in [3.8, 4) is 22.5 Å². The van der Waals surface area contributed by atoms with E-state index in [9.17, 15) is 4.55 Å². The third-order valence-electron chi connectivity index (χ3n) is 6.15. The second kappa shape index (κ2) is 7.29. The molecule has 0 saturated heterocycles. The fourth-order valence-corrected chi connectivity index (χ4v) is 7.34. The van der Waals surface area contributed by atoms with Gasteiger partial charge in [-0.2, -0.15) is 5.10 Å². The number of rotatable bonds is 4. The van der Waals surface area contributed by atoms with Crippen LogP contribution in [0.3, 0.4) is 0 Å². The van der Waals surface area contributed by atoms with Crippen LogP contribution in [0, 0.1) is 0 Å². The number of anilines is 1. The van der Waals surface area contributed by atoms with Gasteiger partial charge in [-0.25, -0.2) is 15.0 Å². The fraction of sp³-hybridized carbons (Fsp3) is 0.273. The van der Waals surface area contributed by atoms with Crippen molar-refractivity contribution in [1.29, 1.82) is 0 Å². The summed E-state index contributed by atoms with van der Waals surface area (Å²) in [5.74, 6) is 0. The van der Waals surface area contributed by atoms with Gasteiger partial charge in [-0.15, -0.1) is 0 Å². The first-order valence-corrected chi connectivity index (χ1v) is 12.4. The quantitative estimate of drug-likeness (QED) is 0.405. The molecular formula is C22H21N7OS2. The second-order valence-electron chi connectivity index (χ2n) is 8.15. The Kier molecular flexibility index (Phi) is 4.49. The van der Waals surface area contributed by atoms with Gasteiger partial charge in [-0.3, -0.25) is 4.68 Å². The standard InChI is InChI=1S/C22H21N7OS2/c1-28-11-25-16-8-12(10-24-20(16)28)15-9-14(17-6-7-26-29(17)2)18-19(23)22(31-21(18)27-15)32(30)13-4-3-5-13/h6-11,13H,3-5,23H2,1-2H3. The van der Waals surface area contributed by atoms with E-state index in [-0.39, 0.29) is 5.25 Å². The SMILES string of the molecule is Cn1nccc1-c1cc(-c2cnc3c(c2)ncn3C)nc2sc([S+]([O-])C3CCC3)c(N)c12. The van der Waals surface area contributed by atoms with Crippen molar-refractivity contribution in [3.05, 3.63) is 36.9 Å². The molecule has 1 fully saturated rings. The van der Waals surface area contributed by atoms with E-state index in [2.05, 4.69) is 15.1 Å². The molecule has 0 bridgehead atoms. The summed E-state index contributed by atoms with van der Waals surface area (Å²) in [6.45, 7) is 0. The lowest BCUT2D eigenvalue weighted by atomic mass is 10.00. The van der Waals surface area contributed by atoms with Gasteiger partial charge >= 0.3 is 0 Å². The van der Waals surface area contributed by atoms with Crippen LogP contribution in [0.15, 0.2) is 41.1 Å². The number of thiophene rings is 1. The molecule has 0 radical (unpaired) electrons. The van der Waals surface area contributed by atoms with Crippen molar-refractivity contribution >= 4 is 49.6 Å². The molecule has 6 rings (SSSR count). The molecule has 162 valence electrons. The minimum atomic E-state index is -1.11. The van der Waals surface area contributed by atoms with Gasteiger partial charge in [0.2, 0.25) is 4.21 Å². The Morgan fingerprint density at radius 2 is 2.06 bits per heavy atom. The Hall–Kier alpha value is -2.95. The number of imidazole rings is 1. The fourth-order valence-electron chi connectivity index (χ4n) is 4.13. The number of aryl methyl sites for hydroxylation is 2. The first-order chi connectivity index (χ1) is 15.5. The highest BCUT2D eigenvalue weighted by Crippen LogP contribution is 2.45. The number of nitrogens with zero attached hydrogens (tertiary/aromatic N) is 6. The summed E-state index contributed by atoms with van der Waals surface area (Å²) in [5, 5.41) is 5.38. The van der Waals surface area contributed by atoms with Gasteiger partial charge in [0.25, 0.3) is 0 Å². The number of pyridine rings is 2. The van der Waals surface area contributed by atoms with E-state index < -0.39 is 11.2 Å². The smallest absolute Gasteiger partial charge is 0.232 e. The van der Waals surface area contributed by atoms with Crippen molar-refractivity contribution in [2.75, 3.05) is 5.73 Å². The maximum atomic E-state index is 13.2. The van der Waals surface area contributed by atoms with Gasteiger partial charge in [0.1, 0.15) is 21.3 Å². The Morgan fingerprint density at radius 1 is 1.22 bits per heavy atom. The number of nitrogen functional groups attached to an aromatic ring is 1. The van der Waals surface area contributed by atoms with Gasteiger partial charge in [-0.1, -0.05) is 11.3 Å². The third kappa shape index (κ3) is 2.94. The molecule has 0 spiro atoms. The van der Waals surface area contributed by atoms with Gasteiger partial charge in [0, 0.05) is 54.2 Å². The predicted octanol–water partition coefficient (Wildman–Crippen LogP) is 3.89.